The fourth-order valence-electron chi connectivity index (χ4n) is 3.73. The van der Waals surface area contributed by atoms with Crippen molar-refractivity contribution < 1.29 is 14.3 Å². The zero-order valence-corrected chi connectivity index (χ0v) is 14.0. The highest BCUT2D eigenvalue weighted by molar-refractivity contribution is 5.98. The van der Waals surface area contributed by atoms with Crippen LogP contribution in [0.15, 0.2) is 48.5 Å². The number of fused-ring (bicyclic) bond motifs is 1. The molecule has 0 aromatic heterocycles. The maximum absolute atomic E-state index is 12.5. The van der Waals surface area contributed by atoms with Gasteiger partial charge in [0.05, 0.1) is 5.56 Å². The molecule has 1 heterocycles. The van der Waals surface area contributed by atoms with Crippen LogP contribution in [0.5, 0.6) is 0 Å². The Balaban J connectivity index is 1.56. The number of rotatable bonds is 3. The molecule has 128 valence electrons. The molecule has 1 aliphatic heterocycles. The summed E-state index contributed by atoms with van der Waals surface area (Å²) < 4.78 is 5.57. The molecule has 2 aromatic carbocycles. The molecule has 0 radical (unpaired) electrons. The maximum atomic E-state index is 12.5. The number of amides is 1. The van der Waals surface area contributed by atoms with E-state index in [0.717, 1.165) is 24.0 Å². The molecule has 2 aromatic rings. The summed E-state index contributed by atoms with van der Waals surface area (Å²) in [5.41, 5.74) is 3.03. The predicted octanol–water partition coefficient (Wildman–Crippen LogP) is 3.81. The number of carbonyl (C=O) groups excluding carboxylic acids is 2. The lowest BCUT2D eigenvalue weighted by atomic mass is 9.93. The van der Waals surface area contributed by atoms with Crippen molar-refractivity contribution >= 4 is 11.9 Å². The molecular weight excluding hydrogens is 314 g/mol. The molecule has 1 atom stereocenters. The van der Waals surface area contributed by atoms with Crippen LogP contribution in [0.4, 0.5) is 0 Å². The van der Waals surface area contributed by atoms with Gasteiger partial charge < -0.3 is 10.1 Å². The molecule has 25 heavy (non-hydrogen) atoms. The SMILES string of the molecule is O=C(NC1CCCC1)c1ccc2c(c1)C[C@@H](c1ccccc1)OC2=O. The highest BCUT2D eigenvalue weighted by Gasteiger charge is 2.28. The molecule has 0 unspecified atom stereocenters. The number of ether oxygens (including phenoxy) is 1. The average Bonchev–Trinajstić information content (AvgIpc) is 3.15. The Bertz CT molecular complexity index is 794. The Morgan fingerprint density at radius 2 is 1.80 bits per heavy atom. The highest BCUT2D eigenvalue weighted by Crippen LogP contribution is 2.31. The van der Waals surface area contributed by atoms with Gasteiger partial charge in [0.15, 0.2) is 0 Å². The zero-order chi connectivity index (χ0) is 17.2. The van der Waals surface area contributed by atoms with Crippen molar-refractivity contribution in [3.05, 3.63) is 70.8 Å². The Morgan fingerprint density at radius 1 is 1.04 bits per heavy atom. The van der Waals surface area contributed by atoms with E-state index in [4.69, 9.17) is 4.74 Å². The minimum atomic E-state index is -0.321. The largest absolute Gasteiger partial charge is 0.454 e. The highest BCUT2D eigenvalue weighted by atomic mass is 16.5. The van der Waals surface area contributed by atoms with Gasteiger partial charge in [-0.05, 0) is 42.2 Å². The third kappa shape index (κ3) is 3.29. The van der Waals surface area contributed by atoms with Crippen molar-refractivity contribution in [2.75, 3.05) is 0 Å². The lowest BCUT2D eigenvalue weighted by Crippen LogP contribution is -2.33. The summed E-state index contributed by atoms with van der Waals surface area (Å²) in [6.45, 7) is 0. The van der Waals surface area contributed by atoms with E-state index in [9.17, 15) is 9.59 Å². The first-order valence-corrected chi connectivity index (χ1v) is 8.90. The first-order chi connectivity index (χ1) is 12.2. The molecular formula is C21H21NO3. The number of carbonyl (C=O) groups is 2. The van der Waals surface area contributed by atoms with Crippen molar-refractivity contribution in [3.8, 4) is 0 Å². The first-order valence-electron chi connectivity index (χ1n) is 8.90. The summed E-state index contributed by atoms with van der Waals surface area (Å²) in [5.74, 6) is -0.372. The minimum absolute atomic E-state index is 0.0510. The third-order valence-corrected chi connectivity index (χ3v) is 5.10. The molecule has 1 aliphatic carbocycles. The Hall–Kier alpha value is -2.62. The molecule has 2 aliphatic rings. The Morgan fingerprint density at radius 3 is 2.56 bits per heavy atom. The summed E-state index contributed by atoms with van der Waals surface area (Å²) in [5, 5.41) is 3.10. The average molecular weight is 335 g/mol. The van der Waals surface area contributed by atoms with Gasteiger partial charge in [-0.15, -0.1) is 0 Å². The molecule has 1 amide bonds. The molecule has 1 fully saturated rings. The van der Waals surface area contributed by atoms with Crippen molar-refractivity contribution in [3.63, 3.8) is 0 Å². The summed E-state index contributed by atoms with van der Waals surface area (Å²) in [7, 11) is 0. The number of hydrogen-bond acceptors (Lipinski definition) is 3. The molecule has 0 saturated heterocycles. The van der Waals surface area contributed by atoms with Crippen molar-refractivity contribution in [1.29, 1.82) is 0 Å². The smallest absolute Gasteiger partial charge is 0.339 e. The lowest BCUT2D eigenvalue weighted by Gasteiger charge is -2.25. The summed E-state index contributed by atoms with van der Waals surface area (Å²) in [4.78, 5) is 24.8. The van der Waals surface area contributed by atoms with E-state index in [-0.39, 0.29) is 24.0 Å². The summed E-state index contributed by atoms with van der Waals surface area (Å²) in [6, 6.07) is 15.3. The van der Waals surface area contributed by atoms with E-state index in [1.165, 1.54) is 12.8 Å². The van der Waals surface area contributed by atoms with Crippen LogP contribution in [0.2, 0.25) is 0 Å². The predicted molar refractivity (Wildman–Crippen MR) is 94.5 cm³/mol. The van der Waals surface area contributed by atoms with E-state index in [0.29, 0.717) is 17.5 Å². The van der Waals surface area contributed by atoms with Gasteiger partial charge in [0.25, 0.3) is 5.91 Å². The van der Waals surface area contributed by atoms with Gasteiger partial charge in [-0.3, -0.25) is 4.79 Å². The Labute approximate surface area is 147 Å². The summed E-state index contributed by atoms with van der Waals surface area (Å²) in [6.07, 6.45) is 4.77. The maximum Gasteiger partial charge on any atom is 0.339 e. The van der Waals surface area contributed by atoms with Crippen LogP contribution in [-0.2, 0) is 11.2 Å². The number of hydrogen-bond donors (Lipinski definition) is 1. The van der Waals surface area contributed by atoms with Crippen LogP contribution >= 0.6 is 0 Å². The van der Waals surface area contributed by atoms with Gasteiger partial charge >= 0.3 is 5.97 Å². The van der Waals surface area contributed by atoms with Gasteiger partial charge in [0.1, 0.15) is 6.10 Å². The van der Waals surface area contributed by atoms with E-state index in [1.807, 2.05) is 36.4 Å². The second-order valence-corrected chi connectivity index (χ2v) is 6.84. The van der Waals surface area contributed by atoms with Crippen molar-refractivity contribution in [2.45, 2.75) is 44.2 Å². The van der Waals surface area contributed by atoms with E-state index in [2.05, 4.69) is 5.32 Å². The quantitative estimate of drug-likeness (QED) is 0.868. The van der Waals surface area contributed by atoms with E-state index < -0.39 is 0 Å². The monoisotopic (exact) mass is 335 g/mol. The molecule has 0 bridgehead atoms. The molecule has 4 heteroatoms. The molecule has 1 saturated carbocycles. The van der Waals surface area contributed by atoms with Gasteiger partial charge in [-0.25, -0.2) is 4.79 Å². The van der Waals surface area contributed by atoms with E-state index in [1.54, 1.807) is 12.1 Å². The minimum Gasteiger partial charge on any atom is -0.454 e. The van der Waals surface area contributed by atoms with Crippen molar-refractivity contribution in [1.82, 2.24) is 5.32 Å². The van der Waals surface area contributed by atoms with Crippen LogP contribution in [0, 0.1) is 0 Å². The second kappa shape index (κ2) is 6.71. The van der Waals surface area contributed by atoms with Crippen LogP contribution < -0.4 is 5.32 Å². The Kier molecular flexibility index (Phi) is 4.26. The number of cyclic esters (lactones) is 1. The molecule has 4 nitrogen and oxygen atoms in total. The van der Waals surface area contributed by atoms with Crippen LogP contribution in [0.3, 0.4) is 0 Å². The van der Waals surface area contributed by atoms with Gasteiger partial charge in [0.2, 0.25) is 0 Å². The first kappa shape index (κ1) is 15.9. The normalized spacial score (nSPS) is 20.0. The fraction of sp³-hybridized carbons (Fsp3) is 0.333. The standard InChI is InChI=1S/C21H21NO3/c23-20(22-17-8-4-5-9-17)15-10-11-18-16(12-15)13-19(25-21(18)24)14-6-2-1-3-7-14/h1-3,6-7,10-12,17,19H,4-5,8-9,13H2,(H,22,23)/t19-/m0/s1. The fourth-order valence-corrected chi connectivity index (χ4v) is 3.73. The topological polar surface area (TPSA) is 55.4 Å². The van der Waals surface area contributed by atoms with E-state index >= 15 is 0 Å². The zero-order valence-electron chi connectivity index (χ0n) is 14.0. The van der Waals surface area contributed by atoms with Gasteiger partial charge in [-0.2, -0.15) is 0 Å². The van der Waals surface area contributed by atoms with Crippen LogP contribution in [0.1, 0.15) is 63.6 Å². The number of nitrogens with one attached hydrogen (secondary N) is 1. The number of esters is 1. The van der Waals surface area contributed by atoms with Crippen LogP contribution in [0.25, 0.3) is 0 Å². The van der Waals surface area contributed by atoms with Gasteiger partial charge in [0, 0.05) is 18.0 Å². The van der Waals surface area contributed by atoms with Gasteiger partial charge in [-0.1, -0.05) is 43.2 Å². The molecule has 4 rings (SSSR count). The second-order valence-electron chi connectivity index (χ2n) is 6.84. The van der Waals surface area contributed by atoms with Crippen molar-refractivity contribution in [2.24, 2.45) is 0 Å². The lowest BCUT2D eigenvalue weighted by molar-refractivity contribution is 0.0252. The molecule has 0 spiro atoms. The number of benzene rings is 2. The molecule has 1 N–H and O–H groups in total. The summed E-state index contributed by atoms with van der Waals surface area (Å²) >= 11 is 0. The van der Waals surface area contributed by atoms with Crippen LogP contribution in [-0.4, -0.2) is 17.9 Å². The third-order valence-electron chi connectivity index (χ3n) is 5.10.